The maximum atomic E-state index is 5.44. The molecule has 240 valence electrons. The van der Waals surface area contributed by atoms with Gasteiger partial charge in [-0.2, -0.15) is 0 Å². The van der Waals surface area contributed by atoms with E-state index in [4.69, 9.17) is 4.98 Å². The molecule has 0 bridgehead atoms. The lowest BCUT2D eigenvalue weighted by Crippen LogP contribution is -1.99. The fourth-order valence-corrected chi connectivity index (χ4v) is 8.79. The number of para-hydroxylation sites is 2. The molecular weight excluding hydrogens is 633 g/mol. The van der Waals surface area contributed by atoms with Gasteiger partial charge in [0.05, 0.1) is 27.8 Å². The van der Waals surface area contributed by atoms with Gasteiger partial charge in [0.2, 0.25) is 0 Å². The SMILES string of the molecule is c1ccc(-n2c3ccccc3c3cc(-c4ccc5c(c4)c4cc6ccccc6cc4n5-c4cc5cccc6c5c(n4)-c4ccncc4-6)ccc32)cc1. The van der Waals surface area contributed by atoms with Gasteiger partial charge in [-0.1, -0.05) is 91.0 Å². The highest BCUT2D eigenvalue weighted by Gasteiger charge is 2.25. The largest absolute Gasteiger partial charge is 0.309 e. The first kappa shape index (κ1) is 27.7. The van der Waals surface area contributed by atoms with Crippen molar-refractivity contribution in [1.82, 2.24) is 19.1 Å². The van der Waals surface area contributed by atoms with Gasteiger partial charge in [0.15, 0.2) is 0 Å². The van der Waals surface area contributed by atoms with Crippen LogP contribution in [0.4, 0.5) is 0 Å². The minimum Gasteiger partial charge on any atom is -0.309 e. The predicted octanol–water partition coefficient (Wildman–Crippen LogP) is 12.3. The van der Waals surface area contributed by atoms with Gasteiger partial charge in [0.25, 0.3) is 0 Å². The molecule has 52 heavy (non-hydrogen) atoms. The minimum atomic E-state index is 0.919. The van der Waals surface area contributed by atoms with Crippen LogP contribution in [0.2, 0.25) is 0 Å². The number of benzene rings is 7. The quantitative estimate of drug-likeness (QED) is 0.189. The van der Waals surface area contributed by atoms with Gasteiger partial charge in [0.1, 0.15) is 5.82 Å². The van der Waals surface area contributed by atoms with Gasteiger partial charge in [-0.05, 0) is 99.6 Å². The van der Waals surface area contributed by atoms with Gasteiger partial charge < -0.3 is 4.57 Å². The summed E-state index contributed by atoms with van der Waals surface area (Å²) < 4.78 is 4.73. The molecule has 0 aliphatic heterocycles. The van der Waals surface area contributed by atoms with Crippen LogP contribution >= 0.6 is 0 Å². The van der Waals surface area contributed by atoms with E-state index in [-0.39, 0.29) is 0 Å². The number of pyridine rings is 2. The molecule has 0 radical (unpaired) electrons. The minimum absolute atomic E-state index is 0.919. The maximum Gasteiger partial charge on any atom is 0.138 e. The van der Waals surface area contributed by atoms with Crippen LogP contribution in [-0.4, -0.2) is 19.1 Å². The Balaban J connectivity index is 1.11. The highest BCUT2D eigenvalue weighted by atomic mass is 15.1. The summed E-state index contributed by atoms with van der Waals surface area (Å²) in [5, 5.41) is 9.75. The standard InChI is InChI=1S/C48H28N4/c1-2-12-34(13-3-1)51-42-16-7-6-14-35(42)38-24-31(17-19-43(38)51)32-18-20-44-39(25-32)40-23-29-9-4-5-10-30(29)26-45(40)52(44)46-27-33-11-8-15-36-41-28-49-22-21-37(41)48(50-46)47(33)36/h1-28H. The van der Waals surface area contributed by atoms with E-state index in [9.17, 15) is 0 Å². The average molecular weight is 661 g/mol. The molecule has 4 nitrogen and oxygen atoms in total. The number of aromatic nitrogens is 4. The molecule has 0 fully saturated rings. The van der Waals surface area contributed by atoms with Crippen LogP contribution in [0.15, 0.2) is 170 Å². The normalized spacial score (nSPS) is 12.2. The molecule has 4 heteroatoms. The van der Waals surface area contributed by atoms with Crippen LogP contribution in [0.5, 0.6) is 0 Å². The fraction of sp³-hybridized carbons (Fsp3) is 0. The highest BCUT2D eigenvalue weighted by Crippen LogP contribution is 2.47. The summed E-state index contributed by atoms with van der Waals surface area (Å²) in [7, 11) is 0. The second kappa shape index (κ2) is 10.3. The van der Waals surface area contributed by atoms with E-state index < -0.39 is 0 Å². The Labute approximate surface area is 298 Å². The Morgan fingerprint density at radius 1 is 0.404 bits per heavy atom. The van der Waals surface area contributed by atoms with Crippen molar-refractivity contribution in [3.63, 3.8) is 0 Å². The molecule has 11 aromatic rings. The third-order valence-electron chi connectivity index (χ3n) is 11.1. The van der Waals surface area contributed by atoms with Crippen LogP contribution in [0.3, 0.4) is 0 Å². The van der Waals surface area contributed by atoms with E-state index in [2.05, 4.69) is 172 Å². The predicted molar refractivity (Wildman–Crippen MR) is 216 cm³/mol. The van der Waals surface area contributed by atoms with Crippen molar-refractivity contribution >= 4 is 65.2 Å². The number of hydrogen-bond donors (Lipinski definition) is 0. The number of rotatable bonds is 3. The average Bonchev–Trinajstić information content (AvgIpc) is 3.83. The molecule has 1 aliphatic rings. The summed E-state index contributed by atoms with van der Waals surface area (Å²) in [6.45, 7) is 0. The first-order valence-corrected chi connectivity index (χ1v) is 17.7. The Hall–Kier alpha value is -7.04. The highest BCUT2D eigenvalue weighted by molar-refractivity contribution is 6.17. The lowest BCUT2D eigenvalue weighted by molar-refractivity contribution is 1.09. The topological polar surface area (TPSA) is 35.6 Å². The Bertz CT molecular complexity index is 3290. The summed E-state index contributed by atoms with van der Waals surface area (Å²) >= 11 is 0. The maximum absolute atomic E-state index is 5.44. The van der Waals surface area contributed by atoms with Gasteiger partial charge in [-0.25, -0.2) is 4.98 Å². The number of hydrogen-bond acceptors (Lipinski definition) is 2. The van der Waals surface area contributed by atoms with Gasteiger partial charge in [0, 0.05) is 56.1 Å². The van der Waals surface area contributed by atoms with Gasteiger partial charge >= 0.3 is 0 Å². The molecule has 12 rings (SSSR count). The van der Waals surface area contributed by atoms with Crippen LogP contribution in [0.1, 0.15) is 0 Å². The van der Waals surface area contributed by atoms with E-state index in [1.165, 1.54) is 76.5 Å². The fourth-order valence-electron chi connectivity index (χ4n) is 8.79. The Kier molecular flexibility index (Phi) is 5.47. The molecule has 0 atom stereocenters. The number of nitrogens with zero attached hydrogens (tertiary/aromatic N) is 4. The molecular formula is C48H28N4. The van der Waals surface area contributed by atoms with Gasteiger partial charge in [-0.15, -0.1) is 0 Å². The zero-order valence-corrected chi connectivity index (χ0v) is 28.0. The molecule has 4 heterocycles. The van der Waals surface area contributed by atoms with E-state index >= 15 is 0 Å². The summed E-state index contributed by atoms with van der Waals surface area (Å²) in [6, 6.07) is 57.4. The molecule has 0 saturated heterocycles. The van der Waals surface area contributed by atoms with Crippen LogP contribution < -0.4 is 0 Å². The van der Waals surface area contributed by atoms with Crippen LogP contribution in [-0.2, 0) is 0 Å². The zero-order chi connectivity index (χ0) is 33.9. The summed E-state index contributed by atoms with van der Waals surface area (Å²) in [6.07, 6.45) is 3.84. The van der Waals surface area contributed by atoms with Crippen molar-refractivity contribution in [2.24, 2.45) is 0 Å². The first-order chi connectivity index (χ1) is 25.8. The van der Waals surface area contributed by atoms with Gasteiger partial charge in [-0.3, -0.25) is 9.55 Å². The second-order valence-electron chi connectivity index (χ2n) is 13.9. The van der Waals surface area contributed by atoms with E-state index in [0.717, 1.165) is 33.7 Å². The third kappa shape index (κ3) is 3.75. The zero-order valence-electron chi connectivity index (χ0n) is 28.0. The van der Waals surface area contributed by atoms with Crippen molar-refractivity contribution in [3.05, 3.63) is 170 Å². The molecule has 4 aromatic heterocycles. The van der Waals surface area contributed by atoms with Crippen molar-refractivity contribution in [2.45, 2.75) is 0 Å². The van der Waals surface area contributed by atoms with Crippen molar-refractivity contribution in [3.8, 4) is 45.0 Å². The smallest absolute Gasteiger partial charge is 0.138 e. The number of fused-ring (bicyclic) bond motifs is 10. The third-order valence-corrected chi connectivity index (χ3v) is 11.1. The first-order valence-electron chi connectivity index (χ1n) is 17.7. The second-order valence-corrected chi connectivity index (χ2v) is 13.9. The molecule has 0 unspecified atom stereocenters. The van der Waals surface area contributed by atoms with E-state index in [0.29, 0.717) is 0 Å². The summed E-state index contributed by atoms with van der Waals surface area (Å²) in [5.41, 5.74) is 12.8. The summed E-state index contributed by atoms with van der Waals surface area (Å²) in [5.74, 6) is 0.919. The van der Waals surface area contributed by atoms with E-state index in [1.54, 1.807) is 0 Å². The molecule has 0 spiro atoms. The Morgan fingerprint density at radius 3 is 1.92 bits per heavy atom. The summed E-state index contributed by atoms with van der Waals surface area (Å²) in [4.78, 5) is 9.89. The molecule has 0 N–H and O–H groups in total. The molecule has 1 aliphatic carbocycles. The van der Waals surface area contributed by atoms with Crippen LogP contribution in [0, 0.1) is 0 Å². The van der Waals surface area contributed by atoms with Crippen molar-refractivity contribution in [2.75, 3.05) is 0 Å². The molecule has 7 aromatic carbocycles. The van der Waals surface area contributed by atoms with Crippen molar-refractivity contribution < 1.29 is 0 Å². The van der Waals surface area contributed by atoms with Crippen molar-refractivity contribution in [1.29, 1.82) is 0 Å². The monoisotopic (exact) mass is 660 g/mol. The van der Waals surface area contributed by atoms with E-state index in [1.807, 2.05) is 12.4 Å². The molecule has 0 saturated carbocycles. The lowest BCUT2D eigenvalue weighted by atomic mass is 10.00. The molecule has 0 amide bonds. The van der Waals surface area contributed by atoms with Crippen LogP contribution in [0.25, 0.3) is 110 Å². The Morgan fingerprint density at radius 2 is 1.08 bits per heavy atom. The lowest BCUT2D eigenvalue weighted by Gasteiger charge is -2.11.